The Morgan fingerprint density at radius 1 is 1.12 bits per heavy atom. The van der Waals surface area contributed by atoms with Crippen LogP contribution in [-0.4, -0.2) is 32.0 Å². The van der Waals surface area contributed by atoms with Crippen molar-refractivity contribution in [1.82, 2.24) is 0 Å². The highest BCUT2D eigenvalue weighted by molar-refractivity contribution is 5.48. The highest BCUT2D eigenvalue weighted by Crippen LogP contribution is 2.20. The van der Waals surface area contributed by atoms with Crippen LogP contribution in [0.3, 0.4) is 0 Å². The minimum Gasteiger partial charge on any atom is -0.491 e. The molecule has 0 aromatic heterocycles. The van der Waals surface area contributed by atoms with E-state index in [1.807, 2.05) is 54.6 Å². The van der Waals surface area contributed by atoms with Gasteiger partial charge in [0.2, 0.25) is 0 Å². The van der Waals surface area contributed by atoms with Crippen molar-refractivity contribution in [3.63, 3.8) is 0 Å². The highest BCUT2D eigenvalue weighted by atomic mass is 16.5. The number of anilines is 1. The number of hydrogen-bond donors (Lipinski definition) is 1. The van der Waals surface area contributed by atoms with Gasteiger partial charge in [-0.3, -0.25) is 0 Å². The van der Waals surface area contributed by atoms with Crippen LogP contribution in [-0.2, 0) is 4.74 Å². The molecule has 0 aliphatic carbocycles. The minimum absolute atomic E-state index is 0.124. The van der Waals surface area contributed by atoms with E-state index < -0.39 is 0 Å². The summed E-state index contributed by atoms with van der Waals surface area (Å²) in [4.78, 5) is 0. The highest BCUT2D eigenvalue weighted by Gasteiger charge is 2.16. The first kappa shape index (κ1) is 17.6. The van der Waals surface area contributed by atoms with E-state index in [0.717, 1.165) is 49.6 Å². The number of benzene rings is 2. The second-order valence-electron chi connectivity index (χ2n) is 6.32. The fourth-order valence-electron chi connectivity index (χ4n) is 2.85. The fraction of sp³-hybridized carbons (Fsp3) is 0.429. The Balaban J connectivity index is 1.48. The van der Waals surface area contributed by atoms with Gasteiger partial charge in [0.05, 0.1) is 12.6 Å². The monoisotopic (exact) mass is 341 g/mol. The lowest BCUT2D eigenvalue weighted by molar-refractivity contribution is 0.0680. The van der Waals surface area contributed by atoms with Gasteiger partial charge in [0.25, 0.3) is 0 Å². The summed E-state index contributed by atoms with van der Waals surface area (Å²) in [5.74, 6) is 1.78. The Morgan fingerprint density at radius 2 is 1.96 bits per heavy atom. The smallest absolute Gasteiger partial charge is 0.121 e. The lowest BCUT2D eigenvalue weighted by atomic mass is 10.2. The van der Waals surface area contributed by atoms with Crippen LogP contribution >= 0.6 is 0 Å². The van der Waals surface area contributed by atoms with E-state index in [1.165, 1.54) is 0 Å². The quantitative estimate of drug-likeness (QED) is 0.728. The molecule has 25 heavy (non-hydrogen) atoms. The number of para-hydroxylation sites is 1. The third-order valence-corrected chi connectivity index (χ3v) is 4.33. The molecule has 0 saturated carbocycles. The second kappa shape index (κ2) is 9.33. The van der Waals surface area contributed by atoms with Crippen LogP contribution in [0, 0.1) is 0 Å². The van der Waals surface area contributed by atoms with E-state index >= 15 is 0 Å². The third-order valence-electron chi connectivity index (χ3n) is 4.33. The van der Waals surface area contributed by atoms with Crippen LogP contribution in [0.25, 0.3) is 0 Å². The maximum Gasteiger partial charge on any atom is 0.121 e. The van der Waals surface area contributed by atoms with Gasteiger partial charge in [-0.05, 0) is 43.5 Å². The summed E-state index contributed by atoms with van der Waals surface area (Å²) in [6.45, 7) is 4.37. The Kier molecular flexibility index (Phi) is 6.57. The zero-order valence-corrected chi connectivity index (χ0v) is 14.8. The van der Waals surface area contributed by atoms with Crippen molar-refractivity contribution < 1.29 is 14.2 Å². The largest absolute Gasteiger partial charge is 0.491 e. The molecule has 1 N–H and O–H groups in total. The SMILES string of the molecule is CCC(CNc1cccc(OCC2CCCO2)c1)Oc1ccccc1. The first-order valence-electron chi connectivity index (χ1n) is 9.13. The zero-order valence-electron chi connectivity index (χ0n) is 14.8. The van der Waals surface area contributed by atoms with E-state index in [2.05, 4.69) is 12.2 Å². The van der Waals surface area contributed by atoms with Gasteiger partial charge in [-0.1, -0.05) is 31.2 Å². The summed E-state index contributed by atoms with van der Waals surface area (Å²) >= 11 is 0. The molecule has 0 spiro atoms. The zero-order chi connectivity index (χ0) is 17.3. The van der Waals surface area contributed by atoms with E-state index in [4.69, 9.17) is 14.2 Å². The molecule has 0 radical (unpaired) electrons. The Bertz CT molecular complexity index is 626. The molecule has 0 amide bonds. The summed E-state index contributed by atoms with van der Waals surface area (Å²) in [7, 11) is 0. The van der Waals surface area contributed by atoms with Crippen molar-refractivity contribution >= 4 is 5.69 Å². The first-order valence-corrected chi connectivity index (χ1v) is 9.13. The maximum absolute atomic E-state index is 6.02. The van der Waals surface area contributed by atoms with Crippen LogP contribution in [0.4, 0.5) is 5.69 Å². The van der Waals surface area contributed by atoms with Crippen molar-refractivity contribution in [3.8, 4) is 11.5 Å². The van der Waals surface area contributed by atoms with Crippen LogP contribution in [0.15, 0.2) is 54.6 Å². The van der Waals surface area contributed by atoms with Gasteiger partial charge < -0.3 is 19.5 Å². The predicted molar refractivity (Wildman–Crippen MR) is 101 cm³/mol. The van der Waals surface area contributed by atoms with Crippen molar-refractivity contribution in [3.05, 3.63) is 54.6 Å². The molecule has 1 aliphatic heterocycles. The van der Waals surface area contributed by atoms with Gasteiger partial charge in [-0.2, -0.15) is 0 Å². The van der Waals surface area contributed by atoms with Gasteiger partial charge in [0.15, 0.2) is 0 Å². The molecule has 3 rings (SSSR count). The molecule has 1 fully saturated rings. The van der Waals surface area contributed by atoms with Gasteiger partial charge in [-0.15, -0.1) is 0 Å². The molecular weight excluding hydrogens is 314 g/mol. The number of rotatable bonds is 9. The molecule has 2 aromatic rings. The van der Waals surface area contributed by atoms with Crippen molar-refractivity contribution in [1.29, 1.82) is 0 Å². The van der Waals surface area contributed by atoms with Crippen LogP contribution in [0.2, 0.25) is 0 Å². The molecule has 4 heteroatoms. The summed E-state index contributed by atoms with van der Waals surface area (Å²) in [6.07, 6.45) is 3.53. The fourth-order valence-corrected chi connectivity index (χ4v) is 2.85. The Hall–Kier alpha value is -2.20. The summed E-state index contributed by atoms with van der Waals surface area (Å²) < 4.78 is 17.5. The van der Waals surface area contributed by atoms with Crippen molar-refractivity contribution in [2.24, 2.45) is 0 Å². The molecular formula is C21H27NO3. The summed E-state index contributed by atoms with van der Waals surface area (Å²) in [6, 6.07) is 18.0. The molecule has 1 aliphatic rings. The van der Waals surface area contributed by atoms with Crippen LogP contribution in [0.5, 0.6) is 11.5 Å². The molecule has 134 valence electrons. The molecule has 2 unspecified atom stereocenters. The van der Waals surface area contributed by atoms with Gasteiger partial charge >= 0.3 is 0 Å². The molecule has 2 aromatic carbocycles. The predicted octanol–water partition coefficient (Wildman–Crippen LogP) is 4.51. The molecule has 2 atom stereocenters. The van der Waals surface area contributed by atoms with Crippen molar-refractivity contribution in [2.75, 3.05) is 25.1 Å². The number of hydrogen-bond acceptors (Lipinski definition) is 4. The van der Waals surface area contributed by atoms with Crippen LogP contribution in [0.1, 0.15) is 26.2 Å². The Morgan fingerprint density at radius 3 is 2.72 bits per heavy atom. The summed E-state index contributed by atoms with van der Waals surface area (Å²) in [5, 5.41) is 3.45. The maximum atomic E-state index is 6.02. The topological polar surface area (TPSA) is 39.7 Å². The minimum atomic E-state index is 0.124. The van der Waals surface area contributed by atoms with Crippen molar-refractivity contribution in [2.45, 2.75) is 38.4 Å². The molecule has 4 nitrogen and oxygen atoms in total. The van der Waals surface area contributed by atoms with Crippen LogP contribution < -0.4 is 14.8 Å². The normalized spacial score (nSPS) is 17.9. The Labute approximate surface area is 150 Å². The average Bonchev–Trinajstić information content (AvgIpc) is 3.18. The van der Waals surface area contributed by atoms with E-state index in [-0.39, 0.29) is 12.2 Å². The first-order chi connectivity index (χ1) is 12.3. The standard InChI is InChI=1S/C21H27NO3/c1-2-18(25-19-9-4-3-5-10-19)15-22-17-8-6-11-20(14-17)24-16-21-12-7-13-23-21/h3-6,8-11,14,18,21-22H,2,7,12-13,15-16H2,1H3. The van der Waals surface area contributed by atoms with Gasteiger partial charge in [-0.25, -0.2) is 0 Å². The number of ether oxygens (including phenoxy) is 3. The molecule has 1 saturated heterocycles. The second-order valence-corrected chi connectivity index (χ2v) is 6.32. The molecule has 0 bridgehead atoms. The van der Waals surface area contributed by atoms with E-state index in [9.17, 15) is 0 Å². The lowest BCUT2D eigenvalue weighted by Gasteiger charge is -2.19. The van der Waals surface area contributed by atoms with Gasteiger partial charge in [0.1, 0.15) is 24.2 Å². The number of nitrogens with one attached hydrogen (secondary N) is 1. The summed E-state index contributed by atoms with van der Waals surface area (Å²) in [5.41, 5.74) is 1.04. The van der Waals surface area contributed by atoms with E-state index in [0.29, 0.717) is 6.61 Å². The average molecular weight is 341 g/mol. The lowest BCUT2D eigenvalue weighted by Crippen LogP contribution is -2.25. The molecule has 1 heterocycles. The van der Waals surface area contributed by atoms with E-state index in [1.54, 1.807) is 0 Å². The third kappa shape index (κ3) is 5.68. The van der Waals surface area contributed by atoms with Gasteiger partial charge in [0, 0.05) is 18.4 Å².